The zero-order chi connectivity index (χ0) is 27.5. The molecule has 1 fully saturated rings. The molecule has 3 aromatic rings. The van der Waals surface area contributed by atoms with E-state index in [1.54, 1.807) is 6.07 Å². The number of hydrogen-bond acceptors (Lipinski definition) is 7. The van der Waals surface area contributed by atoms with Gasteiger partial charge in [-0.15, -0.1) is 0 Å². The van der Waals surface area contributed by atoms with Gasteiger partial charge < -0.3 is 29.3 Å². The fraction of sp³-hybridized carbons (Fsp3) is 0.429. The van der Waals surface area contributed by atoms with Crippen LogP contribution in [0.5, 0.6) is 5.75 Å². The summed E-state index contributed by atoms with van der Waals surface area (Å²) in [6, 6.07) is 8.92. The summed E-state index contributed by atoms with van der Waals surface area (Å²) in [6.07, 6.45) is 5.39. The molecule has 2 N–H and O–H groups in total. The second kappa shape index (κ2) is 11.4. The Morgan fingerprint density at radius 1 is 1.03 bits per heavy atom. The van der Waals surface area contributed by atoms with Crippen molar-refractivity contribution in [1.82, 2.24) is 10.1 Å². The van der Waals surface area contributed by atoms with Gasteiger partial charge in [0.15, 0.2) is 5.58 Å². The number of anilines is 1. The lowest BCUT2D eigenvalue weighted by atomic mass is 9.91. The number of nitrogens with zero attached hydrogens (tertiary/aromatic N) is 3. The smallest absolute Gasteiger partial charge is 0.414 e. The average Bonchev–Trinajstić information content (AvgIpc) is 3.54. The first-order chi connectivity index (χ1) is 18.8. The van der Waals surface area contributed by atoms with Gasteiger partial charge >= 0.3 is 11.9 Å². The number of benzene rings is 2. The van der Waals surface area contributed by atoms with E-state index in [1.807, 2.05) is 4.90 Å². The molecule has 4 heterocycles. The number of carboxylic acid groups (broad SMARTS) is 2. The molecule has 0 saturated carbocycles. The third kappa shape index (κ3) is 5.88. The molecule has 2 aromatic carbocycles. The number of likely N-dealkylation sites (tertiary alicyclic amines) is 1. The third-order valence-corrected chi connectivity index (χ3v) is 7.53. The molecule has 206 valence electrons. The zero-order valence-corrected chi connectivity index (χ0v) is 21.4. The predicted molar refractivity (Wildman–Crippen MR) is 139 cm³/mol. The summed E-state index contributed by atoms with van der Waals surface area (Å²) in [5.41, 5.74) is 5.15. The van der Waals surface area contributed by atoms with Crippen molar-refractivity contribution in [1.29, 1.82) is 0 Å². The Kier molecular flexibility index (Phi) is 7.78. The molecule has 11 heteroatoms. The third-order valence-electron chi connectivity index (χ3n) is 7.53. The number of hydrogen-bond donors (Lipinski definition) is 2. The van der Waals surface area contributed by atoms with Crippen LogP contribution in [0.2, 0.25) is 0 Å². The molecule has 0 aliphatic carbocycles. The van der Waals surface area contributed by atoms with Gasteiger partial charge in [-0.05, 0) is 80.6 Å². The van der Waals surface area contributed by atoms with E-state index in [2.05, 4.69) is 22.2 Å². The van der Waals surface area contributed by atoms with Gasteiger partial charge in [-0.3, -0.25) is 4.79 Å². The summed E-state index contributed by atoms with van der Waals surface area (Å²) in [4.78, 5) is 34.7. The van der Waals surface area contributed by atoms with Crippen molar-refractivity contribution in [2.45, 2.75) is 44.4 Å². The number of aliphatic carboxylic acids is 2. The molecule has 6 rings (SSSR count). The lowest BCUT2D eigenvalue weighted by Crippen LogP contribution is -2.34. The maximum atomic E-state index is 13.4. The summed E-state index contributed by atoms with van der Waals surface area (Å²) < 4.78 is 24.9. The van der Waals surface area contributed by atoms with Crippen LogP contribution in [-0.4, -0.2) is 70.9 Å². The highest BCUT2D eigenvalue weighted by Gasteiger charge is 2.31. The SMILES string of the molecule is O=C(O)C(=O)O.O=C1CCc2cc(OCCCN3CCC(c4noc5cc(F)ccc45)CC3)cc3c2N1CC3. The van der Waals surface area contributed by atoms with Gasteiger partial charge in [-0.1, -0.05) is 5.16 Å². The Morgan fingerprint density at radius 2 is 1.74 bits per heavy atom. The van der Waals surface area contributed by atoms with Crippen molar-refractivity contribution in [2.75, 3.05) is 37.7 Å². The standard InChI is InChI=1S/C26H28FN3O3.C2H2O4/c27-20-3-4-22-23(16-20)33-28-25(22)17-6-10-29(11-7-17)9-1-13-32-21-14-18-2-5-24(31)30-12-8-19(15-21)26(18)30;3-1(4)2(5)6/h3-4,14-17H,1-2,5-13H2;(H,3,4)(H,5,6). The summed E-state index contributed by atoms with van der Waals surface area (Å²) in [5, 5.41) is 20.0. The molecule has 39 heavy (non-hydrogen) atoms. The molecule has 0 spiro atoms. The van der Waals surface area contributed by atoms with E-state index in [9.17, 15) is 9.18 Å². The number of ether oxygens (including phenoxy) is 1. The minimum Gasteiger partial charge on any atom is -0.494 e. The molecule has 1 amide bonds. The van der Waals surface area contributed by atoms with E-state index >= 15 is 0 Å². The topological polar surface area (TPSA) is 133 Å². The van der Waals surface area contributed by atoms with E-state index in [-0.39, 0.29) is 11.7 Å². The second-order valence-electron chi connectivity index (χ2n) is 10.0. The van der Waals surface area contributed by atoms with Crippen LogP contribution >= 0.6 is 0 Å². The highest BCUT2D eigenvalue weighted by molar-refractivity contribution is 6.27. The number of piperidine rings is 1. The summed E-state index contributed by atoms with van der Waals surface area (Å²) in [5.74, 6) is -2.39. The Balaban J connectivity index is 0.000000465. The second-order valence-corrected chi connectivity index (χ2v) is 10.0. The molecule has 0 unspecified atom stereocenters. The number of carbonyl (C=O) groups excluding carboxylic acids is 1. The molecule has 10 nitrogen and oxygen atoms in total. The first-order valence-corrected chi connectivity index (χ1v) is 13.1. The summed E-state index contributed by atoms with van der Waals surface area (Å²) >= 11 is 0. The fourth-order valence-corrected chi connectivity index (χ4v) is 5.64. The van der Waals surface area contributed by atoms with Crippen LogP contribution in [0, 0.1) is 5.82 Å². The predicted octanol–water partition coefficient (Wildman–Crippen LogP) is 3.61. The van der Waals surface area contributed by atoms with E-state index in [1.165, 1.54) is 23.3 Å². The lowest BCUT2D eigenvalue weighted by Gasteiger charge is -2.31. The van der Waals surface area contributed by atoms with Gasteiger partial charge in [0, 0.05) is 36.9 Å². The number of aryl methyl sites for hydroxylation is 1. The number of carbonyl (C=O) groups is 3. The zero-order valence-electron chi connectivity index (χ0n) is 21.4. The number of amides is 1. The molecular formula is C28H30FN3O7. The average molecular weight is 540 g/mol. The molecule has 0 atom stereocenters. The first-order valence-electron chi connectivity index (χ1n) is 13.1. The summed E-state index contributed by atoms with van der Waals surface area (Å²) in [6.45, 7) is 4.56. The van der Waals surface area contributed by atoms with Gasteiger partial charge in [0.05, 0.1) is 18.0 Å². The highest BCUT2D eigenvalue weighted by atomic mass is 19.1. The van der Waals surface area contributed by atoms with Crippen LogP contribution < -0.4 is 9.64 Å². The van der Waals surface area contributed by atoms with Crippen LogP contribution in [0.4, 0.5) is 10.1 Å². The number of halogens is 1. The van der Waals surface area contributed by atoms with Crippen LogP contribution in [0.1, 0.15) is 48.4 Å². The molecular weight excluding hydrogens is 509 g/mol. The Bertz CT molecular complexity index is 1390. The Hall–Kier alpha value is -3.99. The lowest BCUT2D eigenvalue weighted by molar-refractivity contribution is -0.159. The molecule has 1 saturated heterocycles. The Labute approximate surface area is 223 Å². The number of carboxylic acids is 2. The fourth-order valence-electron chi connectivity index (χ4n) is 5.64. The number of fused-ring (bicyclic) bond motifs is 1. The minimum atomic E-state index is -1.82. The normalized spacial score (nSPS) is 17.1. The monoisotopic (exact) mass is 539 g/mol. The Morgan fingerprint density at radius 3 is 2.46 bits per heavy atom. The molecule has 1 aromatic heterocycles. The van der Waals surface area contributed by atoms with Crippen LogP contribution in [0.25, 0.3) is 11.0 Å². The van der Waals surface area contributed by atoms with Crippen LogP contribution in [-0.2, 0) is 27.2 Å². The largest absolute Gasteiger partial charge is 0.494 e. The van der Waals surface area contributed by atoms with Crippen molar-refractivity contribution < 1.29 is 38.2 Å². The van der Waals surface area contributed by atoms with Crippen molar-refractivity contribution in [3.63, 3.8) is 0 Å². The number of aromatic nitrogens is 1. The molecule has 3 aliphatic heterocycles. The maximum Gasteiger partial charge on any atom is 0.414 e. The van der Waals surface area contributed by atoms with Crippen LogP contribution in [0.15, 0.2) is 34.9 Å². The van der Waals surface area contributed by atoms with Gasteiger partial charge in [0.1, 0.15) is 11.6 Å². The molecule has 0 bridgehead atoms. The minimum absolute atomic E-state index is 0.254. The quantitative estimate of drug-likeness (QED) is 0.356. The first kappa shape index (κ1) is 26.6. The van der Waals surface area contributed by atoms with Crippen molar-refractivity contribution in [3.8, 4) is 5.75 Å². The number of rotatable bonds is 6. The van der Waals surface area contributed by atoms with Gasteiger partial charge in [-0.2, -0.15) is 0 Å². The van der Waals surface area contributed by atoms with E-state index in [0.717, 1.165) is 80.8 Å². The molecule has 3 aliphatic rings. The van der Waals surface area contributed by atoms with Crippen molar-refractivity contribution in [3.05, 3.63) is 53.0 Å². The van der Waals surface area contributed by atoms with E-state index in [4.69, 9.17) is 29.1 Å². The summed E-state index contributed by atoms with van der Waals surface area (Å²) in [7, 11) is 0. The van der Waals surface area contributed by atoms with Crippen molar-refractivity contribution in [2.24, 2.45) is 0 Å². The van der Waals surface area contributed by atoms with Crippen LogP contribution in [0.3, 0.4) is 0 Å². The highest BCUT2D eigenvalue weighted by Crippen LogP contribution is 2.39. The van der Waals surface area contributed by atoms with Gasteiger partial charge in [0.25, 0.3) is 0 Å². The molecule has 0 radical (unpaired) electrons. The maximum absolute atomic E-state index is 13.4. The van der Waals surface area contributed by atoms with Gasteiger partial charge in [-0.25, -0.2) is 14.0 Å². The van der Waals surface area contributed by atoms with Crippen molar-refractivity contribution >= 4 is 34.5 Å². The van der Waals surface area contributed by atoms with Gasteiger partial charge in [0.2, 0.25) is 5.91 Å². The van der Waals surface area contributed by atoms with E-state index < -0.39 is 11.9 Å². The van der Waals surface area contributed by atoms with E-state index in [0.29, 0.717) is 24.5 Å².